The zero-order valence-corrected chi connectivity index (χ0v) is 21.6. The van der Waals surface area contributed by atoms with Gasteiger partial charge in [0, 0.05) is 25.2 Å². The lowest BCUT2D eigenvalue weighted by atomic mass is 9.90. The smallest absolute Gasteiger partial charge is 0.242 e. The lowest BCUT2D eigenvalue weighted by Gasteiger charge is -2.32. The lowest BCUT2D eigenvalue weighted by molar-refractivity contribution is -0.131. The van der Waals surface area contributed by atoms with Crippen LogP contribution < -0.4 is 16.0 Å². The summed E-state index contributed by atoms with van der Waals surface area (Å²) in [7, 11) is 0. The SMILES string of the molecule is CCNC(=NCC(=O)NC(C)(C)C)NCC(=O)N1CCC(Cc2ccccc2)CC1.I. The van der Waals surface area contributed by atoms with Crippen molar-refractivity contribution in [1.29, 1.82) is 0 Å². The monoisotopic (exact) mass is 543 g/mol. The van der Waals surface area contributed by atoms with Crippen LogP contribution in [0.2, 0.25) is 0 Å². The summed E-state index contributed by atoms with van der Waals surface area (Å²) in [6.07, 6.45) is 3.14. The number of piperidine rings is 1. The maximum Gasteiger partial charge on any atom is 0.242 e. The molecule has 0 radical (unpaired) electrons. The van der Waals surface area contributed by atoms with Crippen LogP contribution in [0, 0.1) is 5.92 Å². The molecule has 0 aromatic heterocycles. The second kappa shape index (κ2) is 13.5. The Morgan fingerprint density at radius 2 is 1.74 bits per heavy atom. The van der Waals surface area contributed by atoms with E-state index in [2.05, 4.69) is 45.2 Å². The number of amides is 2. The van der Waals surface area contributed by atoms with E-state index in [-0.39, 0.29) is 54.4 Å². The van der Waals surface area contributed by atoms with Crippen molar-refractivity contribution in [3.8, 4) is 0 Å². The second-order valence-corrected chi connectivity index (χ2v) is 8.86. The first kappa shape index (κ1) is 27.2. The Morgan fingerprint density at radius 1 is 1.10 bits per heavy atom. The van der Waals surface area contributed by atoms with Crippen LogP contribution in [0.1, 0.15) is 46.1 Å². The first-order valence-corrected chi connectivity index (χ1v) is 10.9. The molecule has 7 nitrogen and oxygen atoms in total. The molecule has 0 atom stereocenters. The van der Waals surface area contributed by atoms with Gasteiger partial charge in [-0.25, -0.2) is 4.99 Å². The molecule has 0 spiro atoms. The molecular formula is C23H38IN5O2. The van der Waals surface area contributed by atoms with Gasteiger partial charge in [0.1, 0.15) is 6.54 Å². The number of benzene rings is 1. The average Bonchev–Trinajstić information content (AvgIpc) is 2.70. The van der Waals surface area contributed by atoms with E-state index >= 15 is 0 Å². The molecule has 1 aromatic carbocycles. The van der Waals surface area contributed by atoms with Crippen LogP contribution >= 0.6 is 24.0 Å². The molecule has 1 heterocycles. The molecule has 1 aliphatic rings. The van der Waals surface area contributed by atoms with E-state index < -0.39 is 0 Å². The van der Waals surface area contributed by atoms with Gasteiger partial charge >= 0.3 is 0 Å². The zero-order chi connectivity index (χ0) is 22.0. The Kier molecular flexibility index (Phi) is 11.9. The highest BCUT2D eigenvalue weighted by atomic mass is 127. The second-order valence-electron chi connectivity index (χ2n) is 8.86. The fourth-order valence-electron chi connectivity index (χ4n) is 3.56. The van der Waals surface area contributed by atoms with Crippen LogP contribution in [0.5, 0.6) is 0 Å². The van der Waals surface area contributed by atoms with E-state index in [9.17, 15) is 9.59 Å². The quantitative estimate of drug-likeness (QED) is 0.281. The van der Waals surface area contributed by atoms with Gasteiger partial charge in [0.25, 0.3) is 0 Å². The molecule has 1 aliphatic heterocycles. The number of hydrogen-bond acceptors (Lipinski definition) is 3. The van der Waals surface area contributed by atoms with Crippen LogP contribution in [-0.4, -0.2) is 60.9 Å². The van der Waals surface area contributed by atoms with E-state index in [0.717, 1.165) is 32.4 Å². The molecule has 1 saturated heterocycles. The summed E-state index contributed by atoms with van der Waals surface area (Å²) in [6, 6.07) is 10.5. The van der Waals surface area contributed by atoms with Crippen molar-refractivity contribution in [3.05, 3.63) is 35.9 Å². The molecule has 0 unspecified atom stereocenters. The Bertz CT molecular complexity index is 710. The van der Waals surface area contributed by atoms with Gasteiger partial charge in [-0.15, -0.1) is 24.0 Å². The summed E-state index contributed by atoms with van der Waals surface area (Å²) in [5.74, 6) is 1.03. The molecule has 2 rings (SSSR count). The Labute approximate surface area is 203 Å². The van der Waals surface area contributed by atoms with Gasteiger partial charge in [0.15, 0.2) is 5.96 Å². The topological polar surface area (TPSA) is 85.8 Å². The highest BCUT2D eigenvalue weighted by Crippen LogP contribution is 2.21. The van der Waals surface area contributed by atoms with Gasteiger partial charge in [0.2, 0.25) is 11.8 Å². The van der Waals surface area contributed by atoms with Crippen molar-refractivity contribution in [2.45, 2.75) is 52.5 Å². The number of carbonyl (C=O) groups is 2. The minimum absolute atomic E-state index is 0. The first-order valence-electron chi connectivity index (χ1n) is 10.9. The fraction of sp³-hybridized carbons (Fsp3) is 0.609. The minimum Gasteiger partial charge on any atom is -0.357 e. The minimum atomic E-state index is -0.291. The predicted molar refractivity (Wildman–Crippen MR) is 137 cm³/mol. The summed E-state index contributed by atoms with van der Waals surface area (Å²) in [4.78, 5) is 30.8. The van der Waals surface area contributed by atoms with Gasteiger partial charge in [-0.2, -0.15) is 0 Å². The molecule has 31 heavy (non-hydrogen) atoms. The van der Waals surface area contributed by atoms with Crippen LogP contribution in [0.3, 0.4) is 0 Å². The number of guanidine groups is 1. The number of nitrogens with one attached hydrogen (secondary N) is 3. The van der Waals surface area contributed by atoms with E-state index in [4.69, 9.17) is 0 Å². The molecular weight excluding hydrogens is 505 g/mol. The molecule has 1 fully saturated rings. The van der Waals surface area contributed by atoms with Gasteiger partial charge in [-0.05, 0) is 58.4 Å². The van der Waals surface area contributed by atoms with Crippen LogP contribution in [0.4, 0.5) is 0 Å². The van der Waals surface area contributed by atoms with E-state index in [0.29, 0.717) is 18.4 Å². The maximum atomic E-state index is 12.6. The summed E-state index contributed by atoms with van der Waals surface area (Å²) in [5, 5.41) is 9.01. The number of aliphatic imine (C=N–C) groups is 1. The van der Waals surface area contributed by atoms with Crippen molar-refractivity contribution in [3.63, 3.8) is 0 Å². The van der Waals surface area contributed by atoms with Crippen LogP contribution in [0.25, 0.3) is 0 Å². The molecule has 1 aromatic rings. The number of likely N-dealkylation sites (tertiary alicyclic amines) is 1. The Balaban J connectivity index is 0.00000480. The summed E-state index contributed by atoms with van der Waals surface area (Å²) in [5.41, 5.74) is 1.08. The standard InChI is InChI=1S/C23H37N5O2.HI/c1-5-24-22(25-16-20(29)27-23(2,3)4)26-17-21(30)28-13-11-19(12-14-28)15-18-9-7-6-8-10-18;/h6-10,19H,5,11-17H2,1-4H3,(H,27,29)(H2,24,25,26);1H. The predicted octanol–water partition coefficient (Wildman–Crippen LogP) is 2.56. The van der Waals surface area contributed by atoms with E-state index in [1.165, 1.54) is 5.56 Å². The summed E-state index contributed by atoms with van der Waals surface area (Å²) in [6.45, 7) is 10.2. The number of halogens is 1. The summed E-state index contributed by atoms with van der Waals surface area (Å²) < 4.78 is 0. The highest BCUT2D eigenvalue weighted by Gasteiger charge is 2.23. The number of nitrogens with zero attached hydrogens (tertiary/aromatic N) is 2. The molecule has 0 saturated carbocycles. The Hall–Kier alpha value is -1.84. The third-order valence-corrected chi connectivity index (χ3v) is 4.98. The van der Waals surface area contributed by atoms with E-state index in [1.807, 2.05) is 38.7 Å². The van der Waals surface area contributed by atoms with E-state index in [1.54, 1.807) is 0 Å². The number of carbonyl (C=O) groups excluding carboxylic acids is 2. The molecule has 174 valence electrons. The third kappa shape index (κ3) is 10.8. The average molecular weight is 543 g/mol. The summed E-state index contributed by atoms with van der Waals surface area (Å²) >= 11 is 0. The van der Waals surface area contributed by atoms with Gasteiger partial charge in [-0.1, -0.05) is 30.3 Å². The van der Waals surface area contributed by atoms with Crippen LogP contribution in [-0.2, 0) is 16.0 Å². The maximum absolute atomic E-state index is 12.6. The molecule has 0 aliphatic carbocycles. The lowest BCUT2D eigenvalue weighted by Crippen LogP contribution is -2.47. The van der Waals surface area contributed by atoms with Crippen molar-refractivity contribution in [2.24, 2.45) is 10.9 Å². The third-order valence-electron chi connectivity index (χ3n) is 4.98. The largest absolute Gasteiger partial charge is 0.357 e. The van der Waals surface area contributed by atoms with Crippen LogP contribution in [0.15, 0.2) is 35.3 Å². The first-order chi connectivity index (χ1) is 14.3. The number of rotatable bonds is 7. The van der Waals surface area contributed by atoms with Gasteiger partial charge < -0.3 is 20.9 Å². The highest BCUT2D eigenvalue weighted by molar-refractivity contribution is 14.0. The fourth-order valence-corrected chi connectivity index (χ4v) is 3.56. The van der Waals surface area contributed by atoms with Crippen molar-refractivity contribution >= 4 is 41.8 Å². The van der Waals surface area contributed by atoms with Crippen molar-refractivity contribution in [1.82, 2.24) is 20.9 Å². The molecule has 3 N–H and O–H groups in total. The van der Waals surface area contributed by atoms with Crippen molar-refractivity contribution in [2.75, 3.05) is 32.7 Å². The molecule has 0 bridgehead atoms. The molecule has 2 amide bonds. The normalized spacial score (nSPS) is 15.1. The molecule has 8 heteroatoms. The van der Waals surface area contributed by atoms with Gasteiger partial charge in [0.05, 0.1) is 6.54 Å². The number of hydrogen-bond donors (Lipinski definition) is 3. The zero-order valence-electron chi connectivity index (χ0n) is 19.2. The Morgan fingerprint density at radius 3 is 2.32 bits per heavy atom. The van der Waals surface area contributed by atoms with Crippen molar-refractivity contribution < 1.29 is 9.59 Å². The van der Waals surface area contributed by atoms with Gasteiger partial charge in [-0.3, -0.25) is 9.59 Å².